The summed E-state index contributed by atoms with van der Waals surface area (Å²) in [6.07, 6.45) is 0. The number of aromatic nitrogens is 2. The lowest BCUT2D eigenvalue weighted by Crippen LogP contribution is -2.08. The highest BCUT2D eigenvalue weighted by atomic mass is 127. The standard InChI is InChI=1S/C15H17BrIN3S/c1-9(2)14-13(17)15(18-3)20-12(19-14)8-21-11-6-4-5-10(16)7-11/h4-7,9H,8H2,1-3H3,(H,18,19,20). The van der Waals surface area contributed by atoms with Crippen molar-refractivity contribution in [2.75, 3.05) is 12.4 Å². The molecule has 0 spiro atoms. The number of nitrogens with zero attached hydrogens (tertiary/aromatic N) is 2. The van der Waals surface area contributed by atoms with E-state index in [4.69, 9.17) is 4.98 Å². The predicted octanol–water partition coefficient (Wildman–Crippen LogP) is 5.30. The van der Waals surface area contributed by atoms with Gasteiger partial charge in [-0.05, 0) is 46.7 Å². The summed E-state index contributed by atoms with van der Waals surface area (Å²) in [4.78, 5) is 10.5. The lowest BCUT2D eigenvalue weighted by Gasteiger charge is -2.13. The van der Waals surface area contributed by atoms with Crippen LogP contribution >= 0.6 is 50.3 Å². The molecule has 112 valence electrons. The Morgan fingerprint density at radius 1 is 1.33 bits per heavy atom. The number of hydrogen-bond acceptors (Lipinski definition) is 4. The SMILES string of the molecule is CNc1nc(CSc2cccc(Br)c2)nc(C(C)C)c1I. The highest BCUT2D eigenvalue weighted by Gasteiger charge is 2.14. The summed E-state index contributed by atoms with van der Waals surface area (Å²) < 4.78 is 2.20. The largest absolute Gasteiger partial charge is 0.372 e. The van der Waals surface area contributed by atoms with Crippen LogP contribution in [0, 0.1) is 3.57 Å². The maximum atomic E-state index is 4.73. The molecule has 1 N–H and O–H groups in total. The van der Waals surface area contributed by atoms with Crippen LogP contribution in [0.2, 0.25) is 0 Å². The van der Waals surface area contributed by atoms with Gasteiger partial charge in [-0.3, -0.25) is 0 Å². The fourth-order valence-corrected chi connectivity index (χ4v) is 4.32. The molecule has 21 heavy (non-hydrogen) atoms. The van der Waals surface area contributed by atoms with E-state index in [1.54, 1.807) is 11.8 Å². The minimum Gasteiger partial charge on any atom is -0.372 e. The summed E-state index contributed by atoms with van der Waals surface area (Å²) in [6, 6.07) is 8.28. The molecule has 2 rings (SSSR count). The Bertz CT molecular complexity index is 634. The molecule has 0 amide bonds. The number of rotatable bonds is 5. The second kappa shape index (κ2) is 7.78. The third kappa shape index (κ3) is 4.56. The zero-order valence-electron chi connectivity index (χ0n) is 12.2. The lowest BCUT2D eigenvalue weighted by atomic mass is 10.1. The average molecular weight is 478 g/mol. The maximum absolute atomic E-state index is 4.73. The van der Waals surface area contributed by atoms with Crippen molar-refractivity contribution in [3.05, 3.63) is 43.8 Å². The molecule has 3 nitrogen and oxygen atoms in total. The normalized spacial score (nSPS) is 11.0. The Kier molecular flexibility index (Phi) is 6.31. The first-order chi connectivity index (χ1) is 10.0. The molecule has 0 radical (unpaired) electrons. The number of benzene rings is 1. The van der Waals surface area contributed by atoms with E-state index < -0.39 is 0 Å². The smallest absolute Gasteiger partial charge is 0.143 e. The van der Waals surface area contributed by atoms with Gasteiger partial charge in [-0.1, -0.05) is 35.8 Å². The van der Waals surface area contributed by atoms with Gasteiger partial charge in [0.15, 0.2) is 0 Å². The van der Waals surface area contributed by atoms with Crippen LogP contribution in [0.25, 0.3) is 0 Å². The molecule has 1 heterocycles. The molecule has 6 heteroatoms. The molecule has 1 aromatic carbocycles. The van der Waals surface area contributed by atoms with E-state index in [9.17, 15) is 0 Å². The second-order valence-electron chi connectivity index (χ2n) is 4.84. The highest BCUT2D eigenvalue weighted by Crippen LogP contribution is 2.28. The third-order valence-corrected chi connectivity index (χ3v) is 5.42. The van der Waals surface area contributed by atoms with Crippen LogP contribution in [0.4, 0.5) is 5.82 Å². The van der Waals surface area contributed by atoms with Crippen molar-refractivity contribution in [3.63, 3.8) is 0 Å². The van der Waals surface area contributed by atoms with E-state index in [-0.39, 0.29) is 0 Å². The molecular formula is C15H17BrIN3S. The molecule has 0 fully saturated rings. The summed E-state index contributed by atoms with van der Waals surface area (Å²) in [5, 5.41) is 3.16. The number of anilines is 1. The fraction of sp³-hybridized carbons (Fsp3) is 0.333. The van der Waals surface area contributed by atoms with Crippen molar-refractivity contribution >= 4 is 56.1 Å². The Labute approximate surface area is 152 Å². The molecule has 1 aromatic heterocycles. The number of halogens is 2. The first-order valence-corrected chi connectivity index (χ1v) is 9.49. The number of hydrogen-bond donors (Lipinski definition) is 1. The van der Waals surface area contributed by atoms with Crippen LogP contribution in [0.15, 0.2) is 33.6 Å². The van der Waals surface area contributed by atoms with Gasteiger partial charge in [0.05, 0.1) is 15.0 Å². The maximum Gasteiger partial charge on any atom is 0.143 e. The first kappa shape index (κ1) is 17.0. The van der Waals surface area contributed by atoms with Crippen LogP contribution in [-0.4, -0.2) is 17.0 Å². The van der Waals surface area contributed by atoms with Crippen molar-refractivity contribution in [2.45, 2.75) is 30.4 Å². The van der Waals surface area contributed by atoms with Crippen LogP contribution in [-0.2, 0) is 5.75 Å². The van der Waals surface area contributed by atoms with Gasteiger partial charge in [0.25, 0.3) is 0 Å². The quantitative estimate of drug-likeness (QED) is 0.468. The van der Waals surface area contributed by atoms with Crippen molar-refractivity contribution < 1.29 is 0 Å². The third-order valence-electron chi connectivity index (χ3n) is 2.87. The first-order valence-electron chi connectivity index (χ1n) is 6.63. The van der Waals surface area contributed by atoms with Crippen LogP contribution in [0.3, 0.4) is 0 Å². The zero-order chi connectivity index (χ0) is 15.4. The van der Waals surface area contributed by atoms with E-state index in [0.717, 1.165) is 31.1 Å². The molecule has 0 unspecified atom stereocenters. The van der Waals surface area contributed by atoms with Gasteiger partial charge in [0.2, 0.25) is 0 Å². The highest BCUT2D eigenvalue weighted by molar-refractivity contribution is 14.1. The average Bonchev–Trinajstić information content (AvgIpc) is 2.46. The van der Waals surface area contributed by atoms with Gasteiger partial charge in [-0.2, -0.15) is 0 Å². The van der Waals surface area contributed by atoms with E-state index in [1.807, 2.05) is 19.2 Å². The Balaban J connectivity index is 2.22. The summed E-state index contributed by atoms with van der Waals surface area (Å²) >= 11 is 7.56. The molecular weight excluding hydrogens is 461 g/mol. The minimum absolute atomic E-state index is 0.390. The molecule has 0 saturated carbocycles. The van der Waals surface area contributed by atoms with Gasteiger partial charge in [-0.25, -0.2) is 9.97 Å². The van der Waals surface area contributed by atoms with E-state index >= 15 is 0 Å². The minimum atomic E-state index is 0.390. The van der Waals surface area contributed by atoms with Gasteiger partial charge in [0.1, 0.15) is 11.6 Å². The fourth-order valence-electron chi connectivity index (χ4n) is 1.83. The zero-order valence-corrected chi connectivity index (χ0v) is 16.7. The Morgan fingerprint density at radius 2 is 2.10 bits per heavy atom. The van der Waals surface area contributed by atoms with Crippen molar-refractivity contribution in [3.8, 4) is 0 Å². The van der Waals surface area contributed by atoms with Gasteiger partial charge in [0, 0.05) is 16.4 Å². The summed E-state index contributed by atoms with van der Waals surface area (Å²) in [5.74, 6) is 2.94. The Morgan fingerprint density at radius 3 is 2.71 bits per heavy atom. The van der Waals surface area contributed by atoms with Crippen molar-refractivity contribution in [1.82, 2.24) is 9.97 Å². The van der Waals surface area contributed by atoms with Crippen molar-refractivity contribution in [2.24, 2.45) is 0 Å². The number of thioether (sulfide) groups is 1. The molecule has 2 aromatic rings. The topological polar surface area (TPSA) is 37.8 Å². The van der Waals surface area contributed by atoms with Gasteiger partial charge >= 0.3 is 0 Å². The lowest BCUT2D eigenvalue weighted by molar-refractivity contribution is 0.792. The van der Waals surface area contributed by atoms with Crippen LogP contribution in [0.5, 0.6) is 0 Å². The summed E-state index contributed by atoms with van der Waals surface area (Å²) in [6.45, 7) is 4.32. The molecule has 0 atom stereocenters. The summed E-state index contributed by atoms with van der Waals surface area (Å²) in [5.41, 5.74) is 1.11. The summed E-state index contributed by atoms with van der Waals surface area (Å²) in [7, 11) is 1.90. The van der Waals surface area contributed by atoms with Crippen LogP contribution in [0.1, 0.15) is 31.3 Å². The predicted molar refractivity (Wildman–Crippen MR) is 102 cm³/mol. The van der Waals surface area contributed by atoms with E-state index in [2.05, 4.69) is 74.8 Å². The molecule has 0 aliphatic heterocycles. The molecule has 0 bridgehead atoms. The van der Waals surface area contributed by atoms with E-state index in [1.165, 1.54) is 4.90 Å². The van der Waals surface area contributed by atoms with E-state index in [0.29, 0.717) is 5.92 Å². The molecule has 0 aliphatic carbocycles. The van der Waals surface area contributed by atoms with Gasteiger partial charge < -0.3 is 5.32 Å². The molecule has 0 aliphatic rings. The Hall–Kier alpha value is -0.340. The van der Waals surface area contributed by atoms with Gasteiger partial charge in [-0.15, -0.1) is 11.8 Å². The molecule has 0 saturated heterocycles. The number of nitrogens with one attached hydrogen (secondary N) is 1. The van der Waals surface area contributed by atoms with Crippen molar-refractivity contribution in [1.29, 1.82) is 0 Å². The second-order valence-corrected chi connectivity index (χ2v) is 7.88. The van der Waals surface area contributed by atoms with Crippen LogP contribution < -0.4 is 5.32 Å². The monoisotopic (exact) mass is 477 g/mol.